The van der Waals surface area contributed by atoms with E-state index in [-0.39, 0.29) is 6.15 Å². The molecule has 92 valence electrons. The molecule has 0 atom stereocenters. The van der Waals surface area contributed by atoms with Crippen molar-refractivity contribution in [1.82, 2.24) is 11.5 Å². The molecule has 0 unspecified atom stereocenters. The second-order valence-corrected chi connectivity index (χ2v) is 3.69. The van der Waals surface area contributed by atoms with Gasteiger partial charge in [0.1, 0.15) is 0 Å². The molecule has 0 rings (SSSR count). The fraction of sp³-hybridized carbons (Fsp3) is 0.833. The summed E-state index contributed by atoms with van der Waals surface area (Å²) >= 11 is 0. The van der Waals surface area contributed by atoms with Crippen LogP contribution in [0.1, 0.15) is 51.4 Å². The van der Waals surface area contributed by atoms with E-state index < -0.39 is 0 Å². The highest BCUT2D eigenvalue weighted by Gasteiger charge is 1.91. The first kappa shape index (κ1) is 17.3. The molecule has 0 radical (unpaired) electrons. The van der Waals surface area contributed by atoms with Crippen molar-refractivity contribution in [3.63, 3.8) is 0 Å². The molecule has 0 aromatic rings. The van der Waals surface area contributed by atoms with Gasteiger partial charge in [-0.2, -0.15) is 10.5 Å². The molecule has 16 heavy (non-hydrogen) atoms. The molecule has 0 aromatic carbocycles. The molecule has 0 aliphatic carbocycles. The first-order chi connectivity index (χ1) is 7.41. The number of hydrogen-bond donors (Lipinski definition) is 2. The van der Waals surface area contributed by atoms with Gasteiger partial charge in [-0.15, -0.1) is 0 Å². The SMILES string of the molecule is N.N#CCCCCCNCCCCCC#N. The van der Waals surface area contributed by atoms with Gasteiger partial charge in [-0.25, -0.2) is 0 Å². The van der Waals surface area contributed by atoms with E-state index in [0.717, 1.165) is 38.8 Å². The predicted molar refractivity (Wildman–Crippen MR) is 66.1 cm³/mol. The number of rotatable bonds is 10. The van der Waals surface area contributed by atoms with Crippen molar-refractivity contribution in [2.45, 2.75) is 51.4 Å². The van der Waals surface area contributed by atoms with Crippen LogP contribution in [0.2, 0.25) is 0 Å². The molecular formula is C12H24N4. The maximum atomic E-state index is 8.32. The molecule has 0 aliphatic heterocycles. The first-order valence-corrected chi connectivity index (χ1v) is 5.86. The summed E-state index contributed by atoms with van der Waals surface area (Å²) in [5.41, 5.74) is 0. The average molecular weight is 224 g/mol. The molecule has 4 heteroatoms. The molecular weight excluding hydrogens is 200 g/mol. The lowest BCUT2D eigenvalue weighted by atomic mass is 10.2. The van der Waals surface area contributed by atoms with Gasteiger partial charge < -0.3 is 11.5 Å². The van der Waals surface area contributed by atoms with Crippen molar-refractivity contribution >= 4 is 0 Å². The van der Waals surface area contributed by atoms with Gasteiger partial charge in [0.25, 0.3) is 0 Å². The van der Waals surface area contributed by atoms with Crippen LogP contribution in [0.3, 0.4) is 0 Å². The Kier molecular flexibility index (Phi) is 17.7. The van der Waals surface area contributed by atoms with Crippen LogP contribution < -0.4 is 11.5 Å². The molecule has 0 saturated heterocycles. The summed E-state index contributed by atoms with van der Waals surface area (Å²) in [7, 11) is 0. The summed E-state index contributed by atoms with van der Waals surface area (Å²) in [5, 5.41) is 20.0. The zero-order valence-electron chi connectivity index (χ0n) is 10.2. The topological polar surface area (TPSA) is 94.6 Å². The zero-order valence-corrected chi connectivity index (χ0v) is 10.2. The van der Waals surface area contributed by atoms with Crippen LogP contribution in [-0.2, 0) is 0 Å². The minimum absolute atomic E-state index is 0. The summed E-state index contributed by atoms with van der Waals surface area (Å²) in [5.74, 6) is 0. The highest BCUT2D eigenvalue weighted by Crippen LogP contribution is 1.99. The van der Waals surface area contributed by atoms with Crippen LogP contribution in [0.4, 0.5) is 0 Å². The number of nitrogens with zero attached hydrogens (tertiary/aromatic N) is 2. The fourth-order valence-corrected chi connectivity index (χ4v) is 1.39. The molecule has 0 bridgehead atoms. The summed E-state index contributed by atoms with van der Waals surface area (Å²) in [6.07, 6.45) is 8.06. The number of hydrogen-bond acceptors (Lipinski definition) is 4. The third-order valence-electron chi connectivity index (χ3n) is 2.28. The normalized spacial score (nSPS) is 8.88. The molecule has 4 N–H and O–H groups in total. The molecule has 0 aliphatic rings. The smallest absolute Gasteiger partial charge is 0.0621 e. The van der Waals surface area contributed by atoms with E-state index in [1.165, 1.54) is 12.8 Å². The summed E-state index contributed by atoms with van der Waals surface area (Å²) in [6.45, 7) is 2.12. The van der Waals surface area contributed by atoms with Gasteiger partial charge in [-0.1, -0.05) is 12.8 Å². The van der Waals surface area contributed by atoms with E-state index in [2.05, 4.69) is 17.5 Å². The predicted octanol–water partition coefficient (Wildman–Crippen LogP) is 2.91. The van der Waals surface area contributed by atoms with Gasteiger partial charge in [0.2, 0.25) is 0 Å². The lowest BCUT2D eigenvalue weighted by Gasteiger charge is -2.03. The molecule has 0 spiro atoms. The Labute approximate surface area is 99.2 Å². The van der Waals surface area contributed by atoms with E-state index in [1.807, 2.05) is 0 Å². The first-order valence-electron chi connectivity index (χ1n) is 5.86. The third kappa shape index (κ3) is 15.4. The number of unbranched alkanes of at least 4 members (excludes halogenated alkanes) is 6. The Morgan fingerprint density at radius 2 is 1.12 bits per heavy atom. The van der Waals surface area contributed by atoms with Gasteiger partial charge in [0.15, 0.2) is 0 Å². The zero-order chi connectivity index (χ0) is 11.2. The van der Waals surface area contributed by atoms with Crippen LogP contribution >= 0.6 is 0 Å². The molecule has 0 aromatic heterocycles. The Bertz CT molecular complexity index is 180. The van der Waals surface area contributed by atoms with Crippen molar-refractivity contribution in [3.8, 4) is 12.1 Å². The lowest BCUT2D eigenvalue weighted by Crippen LogP contribution is -2.16. The lowest BCUT2D eigenvalue weighted by molar-refractivity contribution is 0.573. The highest BCUT2D eigenvalue weighted by molar-refractivity contribution is 4.68. The summed E-state index contributed by atoms with van der Waals surface area (Å²) in [6, 6.07) is 4.30. The van der Waals surface area contributed by atoms with Crippen molar-refractivity contribution < 1.29 is 0 Å². The van der Waals surface area contributed by atoms with E-state index in [9.17, 15) is 0 Å². The standard InChI is InChI=1S/C12H21N3.H3N/c13-9-5-1-3-7-11-15-12-8-4-2-6-10-14;/h15H,1-8,11-12H2;1H3. The van der Waals surface area contributed by atoms with Gasteiger partial charge in [0, 0.05) is 12.8 Å². The highest BCUT2D eigenvalue weighted by atomic mass is 14.8. The molecule has 0 heterocycles. The van der Waals surface area contributed by atoms with Crippen molar-refractivity contribution in [3.05, 3.63) is 0 Å². The maximum Gasteiger partial charge on any atom is 0.0621 e. The molecule has 0 amide bonds. The van der Waals surface area contributed by atoms with E-state index in [4.69, 9.17) is 10.5 Å². The van der Waals surface area contributed by atoms with Crippen molar-refractivity contribution in [2.24, 2.45) is 0 Å². The second-order valence-electron chi connectivity index (χ2n) is 3.69. The van der Waals surface area contributed by atoms with E-state index >= 15 is 0 Å². The maximum absolute atomic E-state index is 8.32. The van der Waals surface area contributed by atoms with Gasteiger partial charge >= 0.3 is 0 Å². The van der Waals surface area contributed by atoms with E-state index in [1.54, 1.807) is 0 Å². The summed E-state index contributed by atoms with van der Waals surface area (Å²) < 4.78 is 0. The quantitative estimate of drug-likeness (QED) is 0.558. The molecule has 0 saturated carbocycles. The Morgan fingerprint density at radius 1 is 0.688 bits per heavy atom. The monoisotopic (exact) mass is 224 g/mol. The second kappa shape index (κ2) is 16.3. The number of nitriles is 2. The minimum atomic E-state index is 0. The van der Waals surface area contributed by atoms with Gasteiger partial charge in [-0.05, 0) is 38.8 Å². The fourth-order valence-electron chi connectivity index (χ4n) is 1.39. The van der Waals surface area contributed by atoms with Gasteiger partial charge in [-0.3, -0.25) is 0 Å². The number of nitrogens with one attached hydrogen (secondary N) is 1. The van der Waals surface area contributed by atoms with Gasteiger partial charge in [0.05, 0.1) is 12.1 Å². The Morgan fingerprint density at radius 3 is 1.50 bits per heavy atom. The summed E-state index contributed by atoms with van der Waals surface area (Å²) in [4.78, 5) is 0. The largest absolute Gasteiger partial charge is 0.344 e. The van der Waals surface area contributed by atoms with Crippen LogP contribution in [-0.4, -0.2) is 13.1 Å². The molecule has 4 nitrogen and oxygen atoms in total. The minimum Gasteiger partial charge on any atom is -0.344 e. The average Bonchev–Trinajstić information content (AvgIpc) is 2.26. The Hall–Kier alpha value is -1.10. The van der Waals surface area contributed by atoms with Crippen molar-refractivity contribution in [2.75, 3.05) is 13.1 Å². The van der Waals surface area contributed by atoms with Crippen LogP contribution in [0.15, 0.2) is 0 Å². The van der Waals surface area contributed by atoms with Crippen LogP contribution in [0.5, 0.6) is 0 Å². The Balaban J connectivity index is 0. The third-order valence-corrected chi connectivity index (χ3v) is 2.28. The van der Waals surface area contributed by atoms with E-state index in [0.29, 0.717) is 12.8 Å². The van der Waals surface area contributed by atoms with Crippen LogP contribution in [0, 0.1) is 22.7 Å². The van der Waals surface area contributed by atoms with Crippen molar-refractivity contribution in [1.29, 1.82) is 10.5 Å². The molecule has 0 fully saturated rings. The van der Waals surface area contributed by atoms with Crippen LogP contribution in [0.25, 0.3) is 0 Å².